The molecule has 0 radical (unpaired) electrons. The van der Waals surface area contributed by atoms with E-state index in [1.54, 1.807) is 0 Å². The van der Waals surface area contributed by atoms with Gasteiger partial charge in [0.1, 0.15) is 6.29 Å². The third-order valence-electron chi connectivity index (χ3n) is 3.26. The largest absolute Gasteiger partial charge is 0.315 e. The number of carbonyl (C=O) groups is 1. The van der Waals surface area contributed by atoms with E-state index in [0.29, 0.717) is 0 Å². The molecule has 0 amide bonds. The zero-order chi connectivity index (χ0) is 7.73. The highest BCUT2D eigenvalue weighted by atomic mass is 16.1. The molecule has 1 aliphatic carbocycles. The summed E-state index contributed by atoms with van der Waals surface area (Å²) in [5, 5.41) is 3.37. The molecule has 0 aromatic heterocycles. The fourth-order valence-electron chi connectivity index (χ4n) is 2.32. The van der Waals surface area contributed by atoms with Gasteiger partial charge >= 0.3 is 0 Å². The molecule has 2 heteroatoms. The van der Waals surface area contributed by atoms with Crippen LogP contribution in [0.3, 0.4) is 0 Å². The maximum atomic E-state index is 10.9. The maximum absolute atomic E-state index is 10.9. The van der Waals surface area contributed by atoms with E-state index in [1.807, 2.05) is 0 Å². The van der Waals surface area contributed by atoms with E-state index in [-0.39, 0.29) is 5.41 Å². The van der Waals surface area contributed by atoms with Crippen LogP contribution in [0.25, 0.3) is 0 Å². The lowest BCUT2D eigenvalue weighted by Gasteiger charge is -2.30. The van der Waals surface area contributed by atoms with Crippen LogP contribution in [0.4, 0.5) is 0 Å². The first kappa shape index (κ1) is 7.29. The summed E-state index contributed by atoms with van der Waals surface area (Å²) in [6, 6.07) is 0. The van der Waals surface area contributed by atoms with Crippen LogP contribution < -0.4 is 5.32 Å². The van der Waals surface area contributed by atoms with Crippen molar-refractivity contribution < 1.29 is 4.79 Å². The summed E-state index contributed by atoms with van der Waals surface area (Å²) >= 11 is 0. The molecule has 62 valence electrons. The zero-order valence-corrected chi connectivity index (χ0v) is 6.81. The minimum Gasteiger partial charge on any atom is -0.315 e. The third-order valence-corrected chi connectivity index (χ3v) is 3.26. The summed E-state index contributed by atoms with van der Waals surface area (Å²) in [4.78, 5) is 10.9. The number of hydrogen-bond donors (Lipinski definition) is 1. The highest BCUT2D eigenvalue weighted by molar-refractivity contribution is 5.60. The Kier molecular flexibility index (Phi) is 1.72. The van der Waals surface area contributed by atoms with Crippen molar-refractivity contribution in [3.63, 3.8) is 0 Å². The molecule has 3 rings (SSSR count). The lowest BCUT2D eigenvalue weighted by Crippen LogP contribution is -2.32. The second-order valence-corrected chi connectivity index (χ2v) is 4.05. The lowest BCUT2D eigenvalue weighted by atomic mass is 9.73. The normalized spacial score (nSPS) is 43.5. The van der Waals surface area contributed by atoms with Crippen molar-refractivity contribution >= 4 is 6.29 Å². The molecule has 2 nitrogen and oxygen atoms in total. The minimum absolute atomic E-state index is 0.0208. The summed E-state index contributed by atoms with van der Waals surface area (Å²) < 4.78 is 0. The Balaban J connectivity index is 2.16. The number of carbonyl (C=O) groups excluding carboxylic acids is 1. The Morgan fingerprint density at radius 1 is 1.36 bits per heavy atom. The predicted molar refractivity (Wildman–Crippen MR) is 43.3 cm³/mol. The van der Waals surface area contributed by atoms with E-state index >= 15 is 0 Å². The van der Waals surface area contributed by atoms with Crippen LogP contribution in [0.15, 0.2) is 0 Å². The van der Waals surface area contributed by atoms with Crippen molar-refractivity contribution in [1.29, 1.82) is 0 Å². The van der Waals surface area contributed by atoms with Crippen molar-refractivity contribution in [2.24, 2.45) is 11.3 Å². The van der Waals surface area contributed by atoms with Crippen LogP contribution in [-0.4, -0.2) is 19.4 Å². The standard InChI is InChI=1S/C9H15NO/c11-7-9-3-1-8(2-4-9)5-10-6-9/h7-8,10H,1-6H2. The molecule has 2 aliphatic heterocycles. The summed E-state index contributed by atoms with van der Waals surface area (Å²) in [6.45, 7) is 2.06. The smallest absolute Gasteiger partial charge is 0.127 e. The number of aldehydes is 1. The second kappa shape index (κ2) is 2.59. The minimum atomic E-state index is 0.0208. The molecule has 2 saturated heterocycles. The van der Waals surface area contributed by atoms with Crippen molar-refractivity contribution in [2.75, 3.05) is 13.1 Å². The summed E-state index contributed by atoms with van der Waals surface area (Å²) in [5.74, 6) is 0.852. The Hall–Kier alpha value is -0.370. The quantitative estimate of drug-likeness (QED) is 0.569. The number of rotatable bonds is 1. The molecule has 2 bridgehead atoms. The predicted octanol–water partition coefficient (Wildman–Crippen LogP) is 0.965. The van der Waals surface area contributed by atoms with Gasteiger partial charge in [0.05, 0.1) is 0 Å². The van der Waals surface area contributed by atoms with E-state index in [1.165, 1.54) is 19.1 Å². The molecular formula is C9H15NO. The summed E-state index contributed by atoms with van der Waals surface area (Å²) in [6.07, 6.45) is 5.93. The van der Waals surface area contributed by atoms with Crippen molar-refractivity contribution in [3.05, 3.63) is 0 Å². The van der Waals surface area contributed by atoms with Gasteiger partial charge in [0.2, 0.25) is 0 Å². The van der Waals surface area contributed by atoms with E-state index in [2.05, 4.69) is 5.32 Å². The molecule has 3 fully saturated rings. The van der Waals surface area contributed by atoms with E-state index in [9.17, 15) is 4.79 Å². The van der Waals surface area contributed by atoms with Gasteiger partial charge in [-0.1, -0.05) is 0 Å². The third kappa shape index (κ3) is 1.20. The van der Waals surface area contributed by atoms with Gasteiger partial charge in [-0.15, -0.1) is 0 Å². The molecule has 3 aliphatic rings. The molecule has 2 heterocycles. The number of fused-ring (bicyclic) bond motifs is 4. The van der Waals surface area contributed by atoms with Gasteiger partial charge in [0.25, 0.3) is 0 Å². The first-order valence-corrected chi connectivity index (χ1v) is 4.52. The van der Waals surface area contributed by atoms with E-state index in [4.69, 9.17) is 0 Å². The van der Waals surface area contributed by atoms with Gasteiger partial charge in [-0.05, 0) is 38.1 Å². The summed E-state index contributed by atoms with van der Waals surface area (Å²) in [5.41, 5.74) is 0.0208. The molecule has 1 N–H and O–H groups in total. The highest BCUT2D eigenvalue weighted by Crippen LogP contribution is 2.38. The Labute approximate surface area is 67.4 Å². The van der Waals surface area contributed by atoms with Crippen LogP contribution in [0.2, 0.25) is 0 Å². The van der Waals surface area contributed by atoms with Gasteiger partial charge < -0.3 is 10.1 Å². The lowest BCUT2D eigenvalue weighted by molar-refractivity contribution is -0.117. The van der Waals surface area contributed by atoms with Crippen LogP contribution in [-0.2, 0) is 4.79 Å². The molecule has 11 heavy (non-hydrogen) atoms. The monoisotopic (exact) mass is 153 g/mol. The van der Waals surface area contributed by atoms with Crippen LogP contribution in [0.5, 0.6) is 0 Å². The van der Waals surface area contributed by atoms with Crippen LogP contribution in [0, 0.1) is 11.3 Å². The van der Waals surface area contributed by atoms with E-state index in [0.717, 1.165) is 31.8 Å². The topological polar surface area (TPSA) is 29.1 Å². The first-order valence-electron chi connectivity index (χ1n) is 4.52. The molecule has 0 aromatic carbocycles. The van der Waals surface area contributed by atoms with Crippen molar-refractivity contribution in [2.45, 2.75) is 25.7 Å². The molecule has 0 spiro atoms. The fourth-order valence-corrected chi connectivity index (χ4v) is 2.32. The van der Waals surface area contributed by atoms with Crippen LogP contribution in [0.1, 0.15) is 25.7 Å². The Morgan fingerprint density at radius 2 is 2.09 bits per heavy atom. The number of hydrogen-bond acceptors (Lipinski definition) is 2. The van der Waals surface area contributed by atoms with Crippen molar-refractivity contribution in [1.82, 2.24) is 5.32 Å². The summed E-state index contributed by atoms with van der Waals surface area (Å²) in [7, 11) is 0. The van der Waals surface area contributed by atoms with Crippen molar-refractivity contribution in [3.8, 4) is 0 Å². The molecule has 0 unspecified atom stereocenters. The average Bonchev–Trinajstić information content (AvgIpc) is 2.37. The van der Waals surface area contributed by atoms with Gasteiger partial charge in [-0.25, -0.2) is 0 Å². The number of nitrogens with one attached hydrogen (secondary N) is 1. The molecule has 0 atom stereocenters. The Bertz CT molecular complexity index is 153. The first-order chi connectivity index (χ1) is 5.35. The second-order valence-electron chi connectivity index (χ2n) is 4.05. The van der Waals surface area contributed by atoms with Crippen LogP contribution >= 0.6 is 0 Å². The molecule has 0 aromatic rings. The van der Waals surface area contributed by atoms with E-state index < -0.39 is 0 Å². The Morgan fingerprint density at radius 3 is 2.73 bits per heavy atom. The van der Waals surface area contributed by atoms with Gasteiger partial charge in [-0.2, -0.15) is 0 Å². The molecule has 1 saturated carbocycles. The average molecular weight is 153 g/mol. The zero-order valence-electron chi connectivity index (χ0n) is 6.81. The SMILES string of the molecule is O=CC12CCC(CC1)CNC2. The van der Waals surface area contributed by atoms with Gasteiger partial charge in [0, 0.05) is 12.0 Å². The fraction of sp³-hybridized carbons (Fsp3) is 0.889. The maximum Gasteiger partial charge on any atom is 0.127 e. The molecular weight excluding hydrogens is 138 g/mol. The highest BCUT2D eigenvalue weighted by Gasteiger charge is 2.37. The van der Waals surface area contributed by atoms with Gasteiger partial charge in [0.15, 0.2) is 0 Å². The van der Waals surface area contributed by atoms with Gasteiger partial charge in [-0.3, -0.25) is 0 Å².